The summed E-state index contributed by atoms with van der Waals surface area (Å²) < 4.78 is 40.2. The number of carbonyl (C=O) groups excluding carboxylic acids is 3. The lowest BCUT2D eigenvalue weighted by Crippen LogP contribution is -2.43. The fraction of sp³-hybridized carbons (Fsp3) is 0.727. The van der Waals surface area contributed by atoms with Crippen molar-refractivity contribution in [3.8, 4) is 0 Å². The van der Waals surface area contributed by atoms with Crippen LogP contribution in [0.1, 0.15) is 19.8 Å². The van der Waals surface area contributed by atoms with Gasteiger partial charge in [-0.25, -0.2) is 4.79 Å². The molecule has 19 heavy (non-hydrogen) atoms. The number of halogens is 3. The predicted molar refractivity (Wildman–Crippen MR) is 57.2 cm³/mol. The summed E-state index contributed by atoms with van der Waals surface area (Å²) in [7, 11) is 0. The minimum atomic E-state index is -5.22. The van der Waals surface area contributed by atoms with Crippen molar-refractivity contribution in [2.24, 2.45) is 5.92 Å². The van der Waals surface area contributed by atoms with Gasteiger partial charge in [0.15, 0.2) is 11.6 Å². The summed E-state index contributed by atoms with van der Waals surface area (Å²) in [6, 6.07) is 0. The number of carbonyl (C=O) groups is 3. The summed E-state index contributed by atoms with van der Waals surface area (Å²) >= 11 is 0. The number of ketones is 2. The first-order valence-electron chi connectivity index (χ1n) is 5.76. The fourth-order valence-electron chi connectivity index (χ4n) is 1.84. The maximum atomic E-state index is 12.1. The Labute approximate surface area is 107 Å². The van der Waals surface area contributed by atoms with Crippen LogP contribution in [0.4, 0.5) is 13.2 Å². The average Bonchev–Trinajstić information content (AvgIpc) is 2.34. The number of alkyl halides is 3. The summed E-state index contributed by atoms with van der Waals surface area (Å²) in [4.78, 5) is 33.8. The Kier molecular flexibility index (Phi) is 5.04. The molecule has 0 saturated carbocycles. The quantitative estimate of drug-likeness (QED) is 0.604. The molecule has 1 N–H and O–H groups in total. The van der Waals surface area contributed by atoms with Crippen LogP contribution in [0, 0.1) is 5.92 Å². The molecule has 1 fully saturated rings. The number of rotatable bonds is 4. The first kappa shape index (κ1) is 15.6. The van der Waals surface area contributed by atoms with Crippen molar-refractivity contribution in [3.05, 3.63) is 0 Å². The average molecular weight is 281 g/mol. The van der Waals surface area contributed by atoms with Crippen LogP contribution in [0.3, 0.4) is 0 Å². The third-order valence-corrected chi connectivity index (χ3v) is 2.83. The van der Waals surface area contributed by atoms with Gasteiger partial charge in [0, 0.05) is 5.92 Å². The second kappa shape index (κ2) is 6.14. The highest BCUT2D eigenvalue weighted by Gasteiger charge is 2.45. The van der Waals surface area contributed by atoms with Crippen molar-refractivity contribution in [1.82, 2.24) is 5.32 Å². The van der Waals surface area contributed by atoms with Crippen LogP contribution in [0.2, 0.25) is 0 Å². The molecule has 1 atom stereocenters. The first-order chi connectivity index (χ1) is 8.73. The molecule has 108 valence electrons. The highest BCUT2D eigenvalue weighted by Crippen LogP contribution is 2.21. The van der Waals surface area contributed by atoms with Crippen molar-refractivity contribution >= 4 is 17.5 Å². The molecule has 1 rings (SSSR count). The minimum absolute atomic E-state index is 0.409. The summed E-state index contributed by atoms with van der Waals surface area (Å²) in [6.45, 7) is 2.00. The van der Waals surface area contributed by atoms with Crippen LogP contribution in [0.5, 0.6) is 0 Å². The van der Waals surface area contributed by atoms with Gasteiger partial charge in [-0.1, -0.05) is 0 Å². The van der Waals surface area contributed by atoms with Crippen molar-refractivity contribution in [2.75, 3.05) is 13.1 Å². The number of piperidine rings is 1. The van der Waals surface area contributed by atoms with Gasteiger partial charge in [-0.3, -0.25) is 9.59 Å². The largest absolute Gasteiger partial charge is 0.490 e. The van der Waals surface area contributed by atoms with Crippen LogP contribution in [0.15, 0.2) is 0 Å². The second-order valence-corrected chi connectivity index (χ2v) is 4.32. The van der Waals surface area contributed by atoms with Gasteiger partial charge in [0.2, 0.25) is 6.10 Å². The van der Waals surface area contributed by atoms with E-state index in [1.165, 1.54) is 0 Å². The van der Waals surface area contributed by atoms with E-state index in [1.54, 1.807) is 0 Å². The molecule has 1 unspecified atom stereocenters. The lowest BCUT2D eigenvalue weighted by molar-refractivity contribution is -0.205. The molecule has 0 aliphatic carbocycles. The van der Waals surface area contributed by atoms with Crippen LogP contribution in [-0.2, 0) is 19.1 Å². The number of Topliss-reactive ketones (excluding diaryl/α,β-unsaturated/α-hetero) is 2. The maximum Gasteiger partial charge on any atom is 0.490 e. The standard InChI is InChI=1S/C11H14F3NO4/c1-6(16)9(19-10(18)11(12,13)14)8(17)7-2-4-15-5-3-7/h7,9,15H,2-5H2,1H3. The molecule has 0 bridgehead atoms. The molecule has 0 aromatic heterocycles. The third kappa shape index (κ3) is 4.30. The summed E-state index contributed by atoms with van der Waals surface area (Å²) in [5.74, 6) is -4.74. The highest BCUT2D eigenvalue weighted by molar-refractivity contribution is 6.06. The Balaban J connectivity index is 2.74. The molecule has 1 saturated heterocycles. The first-order valence-corrected chi connectivity index (χ1v) is 5.76. The zero-order valence-electron chi connectivity index (χ0n) is 10.3. The molecule has 1 aliphatic rings. The van der Waals surface area contributed by atoms with E-state index in [1.807, 2.05) is 0 Å². The zero-order chi connectivity index (χ0) is 14.6. The van der Waals surface area contributed by atoms with Gasteiger partial charge in [-0.2, -0.15) is 13.2 Å². The number of nitrogens with one attached hydrogen (secondary N) is 1. The van der Waals surface area contributed by atoms with Gasteiger partial charge in [-0.05, 0) is 32.9 Å². The van der Waals surface area contributed by atoms with E-state index < -0.39 is 35.7 Å². The maximum absolute atomic E-state index is 12.1. The van der Waals surface area contributed by atoms with Crippen LogP contribution < -0.4 is 5.32 Å². The Bertz CT molecular complexity index is 375. The lowest BCUT2D eigenvalue weighted by Gasteiger charge is -2.24. The van der Waals surface area contributed by atoms with Gasteiger partial charge >= 0.3 is 12.1 Å². The monoisotopic (exact) mass is 281 g/mol. The van der Waals surface area contributed by atoms with E-state index in [-0.39, 0.29) is 0 Å². The van der Waals surface area contributed by atoms with Crippen molar-refractivity contribution in [3.63, 3.8) is 0 Å². The van der Waals surface area contributed by atoms with Crippen LogP contribution in [0.25, 0.3) is 0 Å². The van der Waals surface area contributed by atoms with E-state index in [4.69, 9.17) is 0 Å². The Morgan fingerprint density at radius 1 is 1.21 bits per heavy atom. The molecular weight excluding hydrogens is 267 g/mol. The van der Waals surface area contributed by atoms with E-state index in [9.17, 15) is 27.6 Å². The molecule has 0 aromatic carbocycles. The topological polar surface area (TPSA) is 72.5 Å². The van der Waals surface area contributed by atoms with Crippen LogP contribution in [-0.4, -0.2) is 42.9 Å². The van der Waals surface area contributed by atoms with Gasteiger partial charge in [0.25, 0.3) is 0 Å². The van der Waals surface area contributed by atoms with Crippen LogP contribution >= 0.6 is 0 Å². The van der Waals surface area contributed by atoms with Gasteiger partial charge < -0.3 is 10.1 Å². The molecule has 0 spiro atoms. The molecule has 8 heteroatoms. The second-order valence-electron chi connectivity index (χ2n) is 4.32. The molecule has 0 radical (unpaired) electrons. The van der Waals surface area contributed by atoms with E-state index in [0.29, 0.717) is 25.9 Å². The Hall–Kier alpha value is -1.44. The number of hydrogen-bond acceptors (Lipinski definition) is 5. The Morgan fingerprint density at radius 2 is 1.74 bits per heavy atom. The lowest BCUT2D eigenvalue weighted by atomic mass is 9.89. The molecular formula is C11H14F3NO4. The molecule has 0 aromatic rings. The molecule has 5 nitrogen and oxygen atoms in total. The highest BCUT2D eigenvalue weighted by atomic mass is 19.4. The van der Waals surface area contributed by atoms with Crippen molar-refractivity contribution in [2.45, 2.75) is 32.0 Å². The van der Waals surface area contributed by atoms with E-state index >= 15 is 0 Å². The predicted octanol–water partition coefficient (Wildman–Crippen LogP) is 0.618. The van der Waals surface area contributed by atoms with E-state index in [0.717, 1.165) is 6.92 Å². The van der Waals surface area contributed by atoms with Crippen molar-refractivity contribution in [1.29, 1.82) is 0 Å². The van der Waals surface area contributed by atoms with E-state index in [2.05, 4.69) is 10.1 Å². The van der Waals surface area contributed by atoms with Gasteiger partial charge in [-0.15, -0.1) is 0 Å². The summed E-state index contributed by atoms with van der Waals surface area (Å²) in [6.07, 6.45) is -6.36. The normalized spacial score (nSPS) is 18.7. The summed E-state index contributed by atoms with van der Waals surface area (Å²) in [5.41, 5.74) is 0. The minimum Gasteiger partial charge on any atom is -0.440 e. The number of esters is 1. The molecule has 1 aliphatic heterocycles. The Morgan fingerprint density at radius 3 is 2.16 bits per heavy atom. The third-order valence-electron chi connectivity index (χ3n) is 2.83. The van der Waals surface area contributed by atoms with Gasteiger partial charge in [0.1, 0.15) is 0 Å². The smallest absolute Gasteiger partial charge is 0.440 e. The number of hydrogen-bond donors (Lipinski definition) is 1. The molecule has 1 heterocycles. The van der Waals surface area contributed by atoms with Crippen molar-refractivity contribution < 1.29 is 32.3 Å². The summed E-state index contributed by atoms with van der Waals surface area (Å²) in [5, 5.41) is 2.98. The number of ether oxygens (including phenoxy) is 1. The molecule has 0 amide bonds. The SMILES string of the molecule is CC(=O)C(OC(=O)C(F)(F)F)C(=O)C1CCNCC1. The van der Waals surface area contributed by atoms with Gasteiger partial charge in [0.05, 0.1) is 0 Å². The fourth-order valence-corrected chi connectivity index (χ4v) is 1.84. The zero-order valence-corrected chi connectivity index (χ0v) is 10.3.